The van der Waals surface area contributed by atoms with E-state index in [0.29, 0.717) is 11.8 Å². The number of aliphatic hydroxyl groups is 1. The molecule has 2 saturated carbocycles. The first-order chi connectivity index (χ1) is 10.2. The van der Waals surface area contributed by atoms with Crippen molar-refractivity contribution in [1.82, 2.24) is 9.38 Å². The Kier molecular flexibility index (Phi) is 3.26. The molecule has 112 valence electrons. The fourth-order valence-corrected chi connectivity index (χ4v) is 3.94. The summed E-state index contributed by atoms with van der Waals surface area (Å²) in [4.78, 5) is 4.27. The second-order valence-electron chi connectivity index (χ2n) is 7.11. The lowest BCUT2D eigenvalue weighted by atomic mass is 9.77. The summed E-state index contributed by atoms with van der Waals surface area (Å²) >= 11 is 0. The van der Waals surface area contributed by atoms with Crippen molar-refractivity contribution in [2.45, 2.75) is 57.5 Å². The Balaban J connectivity index is 1.73. The second-order valence-corrected chi connectivity index (χ2v) is 7.11. The maximum Gasteiger partial charge on any atom is 0.0992 e. The van der Waals surface area contributed by atoms with Crippen molar-refractivity contribution in [3.05, 3.63) is 35.9 Å². The highest BCUT2D eigenvalue weighted by Crippen LogP contribution is 2.46. The number of fused-ring (bicyclic) bond motifs is 1. The van der Waals surface area contributed by atoms with E-state index < -0.39 is 0 Å². The zero-order valence-corrected chi connectivity index (χ0v) is 12.7. The molecule has 0 unspecified atom stereocenters. The van der Waals surface area contributed by atoms with E-state index in [-0.39, 0.29) is 6.10 Å². The van der Waals surface area contributed by atoms with Crippen molar-refractivity contribution in [1.29, 1.82) is 0 Å². The smallest absolute Gasteiger partial charge is 0.0992 e. The third kappa shape index (κ3) is 2.38. The summed E-state index contributed by atoms with van der Waals surface area (Å²) in [6.07, 6.45) is 12.9. The number of nitrogens with zero attached hydrogens (tertiary/aromatic N) is 2. The van der Waals surface area contributed by atoms with E-state index in [0.717, 1.165) is 29.8 Å². The molecule has 2 aromatic heterocycles. The molecule has 0 aromatic carbocycles. The molecule has 3 heteroatoms. The van der Waals surface area contributed by atoms with E-state index in [1.807, 2.05) is 12.5 Å². The van der Waals surface area contributed by atoms with Gasteiger partial charge in [-0.15, -0.1) is 0 Å². The standard InChI is InChI=1S/C18H24N2O/c1-12-2-4-14(5-3-12)18(21)17-15(13-6-7-13)8-9-20-11-19-10-16(17)20/h8-14,18,21H,2-7H2,1H3/t12?,14?,18-/m0/s1. The first-order valence-electron chi connectivity index (χ1n) is 8.36. The van der Waals surface area contributed by atoms with Crippen LogP contribution in [0.25, 0.3) is 5.52 Å². The Morgan fingerprint density at radius 1 is 1.19 bits per heavy atom. The lowest BCUT2D eigenvalue weighted by Crippen LogP contribution is -2.20. The van der Waals surface area contributed by atoms with Crippen LogP contribution < -0.4 is 0 Å². The van der Waals surface area contributed by atoms with Crippen LogP contribution in [0, 0.1) is 11.8 Å². The van der Waals surface area contributed by atoms with E-state index in [1.54, 1.807) is 0 Å². The molecule has 4 rings (SSSR count). The van der Waals surface area contributed by atoms with Crippen LogP contribution in [0.1, 0.15) is 68.6 Å². The van der Waals surface area contributed by atoms with Gasteiger partial charge < -0.3 is 9.51 Å². The van der Waals surface area contributed by atoms with Crippen molar-refractivity contribution < 1.29 is 5.11 Å². The van der Waals surface area contributed by atoms with Gasteiger partial charge in [0.05, 0.1) is 24.1 Å². The van der Waals surface area contributed by atoms with Gasteiger partial charge in [-0.3, -0.25) is 0 Å². The Morgan fingerprint density at radius 3 is 2.67 bits per heavy atom. The molecule has 0 aliphatic heterocycles. The number of hydrogen-bond donors (Lipinski definition) is 1. The van der Waals surface area contributed by atoms with Crippen molar-refractivity contribution >= 4 is 5.52 Å². The van der Waals surface area contributed by atoms with E-state index in [4.69, 9.17) is 0 Å². The zero-order chi connectivity index (χ0) is 14.4. The van der Waals surface area contributed by atoms with Crippen molar-refractivity contribution in [2.24, 2.45) is 11.8 Å². The second kappa shape index (κ2) is 5.13. The van der Waals surface area contributed by atoms with Crippen LogP contribution in [0.5, 0.6) is 0 Å². The minimum atomic E-state index is -0.325. The summed E-state index contributed by atoms with van der Waals surface area (Å²) in [6, 6.07) is 2.20. The van der Waals surface area contributed by atoms with Gasteiger partial charge in [0.25, 0.3) is 0 Å². The van der Waals surface area contributed by atoms with Gasteiger partial charge >= 0.3 is 0 Å². The molecule has 0 amide bonds. The maximum absolute atomic E-state index is 11.1. The van der Waals surface area contributed by atoms with Gasteiger partial charge in [0.1, 0.15) is 0 Å². The van der Waals surface area contributed by atoms with E-state index in [1.165, 1.54) is 31.2 Å². The van der Waals surface area contributed by atoms with Crippen molar-refractivity contribution in [3.8, 4) is 0 Å². The summed E-state index contributed by atoms with van der Waals surface area (Å²) in [7, 11) is 0. The Morgan fingerprint density at radius 2 is 1.95 bits per heavy atom. The minimum Gasteiger partial charge on any atom is -0.388 e. The molecule has 0 bridgehead atoms. The van der Waals surface area contributed by atoms with Crippen LogP contribution in [-0.4, -0.2) is 14.5 Å². The SMILES string of the molecule is CC1CCC([C@H](O)c2c(C3CC3)ccn3cncc23)CC1. The Labute approximate surface area is 126 Å². The number of aliphatic hydroxyl groups excluding tert-OH is 1. The van der Waals surface area contributed by atoms with E-state index >= 15 is 0 Å². The molecule has 0 spiro atoms. The van der Waals surface area contributed by atoms with Gasteiger partial charge in [0, 0.05) is 11.8 Å². The average molecular weight is 284 g/mol. The molecule has 2 aliphatic carbocycles. The lowest BCUT2D eigenvalue weighted by Gasteiger charge is -2.31. The average Bonchev–Trinajstić information content (AvgIpc) is 3.23. The number of aromatic nitrogens is 2. The fourth-order valence-electron chi connectivity index (χ4n) is 3.94. The number of rotatable bonds is 3. The largest absolute Gasteiger partial charge is 0.388 e. The van der Waals surface area contributed by atoms with Gasteiger partial charge in [0.15, 0.2) is 0 Å². The number of hydrogen-bond acceptors (Lipinski definition) is 2. The molecule has 0 radical (unpaired) electrons. The predicted molar refractivity (Wildman–Crippen MR) is 83.2 cm³/mol. The monoisotopic (exact) mass is 284 g/mol. The van der Waals surface area contributed by atoms with Gasteiger partial charge in [-0.2, -0.15) is 0 Å². The van der Waals surface area contributed by atoms with Crippen LogP contribution in [0.3, 0.4) is 0 Å². The lowest BCUT2D eigenvalue weighted by molar-refractivity contribution is 0.0757. The van der Waals surface area contributed by atoms with Crippen LogP contribution in [-0.2, 0) is 0 Å². The maximum atomic E-state index is 11.1. The third-order valence-corrected chi connectivity index (χ3v) is 5.49. The summed E-state index contributed by atoms with van der Waals surface area (Å²) in [5.41, 5.74) is 3.64. The quantitative estimate of drug-likeness (QED) is 0.922. The normalized spacial score (nSPS) is 27.9. The molecular weight excluding hydrogens is 260 g/mol. The van der Waals surface area contributed by atoms with Crippen molar-refractivity contribution in [3.63, 3.8) is 0 Å². The highest BCUT2D eigenvalue weighted by molar-refractivity contribution is 5.59. The highest BCUT2D eigenvalue weighted by atomic mass is 16.3. The summed E-state index contributed by atoms with van der Waals surface area (Å²) in [6.45, 7) is 2.33. The predicted octanol–water partition coefficient (Wildman–Crippen LogP) is 4.07. The topological polar surface area (TPSA) is 37.5 Å². The van der Waals surface area contributed by atoms with Gasteiger partial charge in [-0.25, -0.2) is 4.98 Å². The van der Waals surface area contributed by atoms with Gasteiger partial charge in [-0.05, 0) is 55.1 Å². The molecule has 2 heterocycles. The van der Waals surface area contributed by atoms with Crippen LogP contribution in [0.15, 0.2) is 24.8 Å². The fraction of sp³-hybridized carbons (Fsp3) is 0.611. The summed E-state index contributed by atoms with van der Waals surface area (Å²) in [5.74, 6) is 1.90. The molecular formula is C18H24N2O. The first kappa shape index (κ1) is 13.3. The Bertz CT molecular complexity index is 636. The number of pyridine rings is 1. The Hall–Kier alpha value is -1.35. The van der Waals surface area contributed by atoms with E-state index in [9.17, 15) is 5.11 Å². The van der Waals surface area contributed by atoms with Crippen LogP contribution in [0.2, 0.25) is 0 Å². The molecule has 21 heavy (non-hydrogen) atoms. The van der Waals surface area contributed by atoms with E-state index in [2.05, 4.69) is 28.6 Å². The van der Waals surface area contributed by atoms with Crippen LogP contribution in [0.4, 0.5) is 0 Å². The molecule has 1 N–H and O–H groups in total. The molecule has 2 fully saturated rings. The molecule has 1 atom stereocenters. The number of imidazole rings is 1. The summed E-state index contributed by atoms with van der Waals surface area (Å²) < 4.78 is 2.05. The first-order valence-corrected chi connectivity index (χ1v) is 8.36. The molecule has 2 aromatic rings. The van der Waals surface area contributed by atoms with Crippen LogP contribution >= 0.6 is 0 Å². The van der Waals surface area contributed by atoms with Gasteiger partial charge in [-0.1, -0.05) is 19.8 Å². The molecule has 0 saturated heterocycles. The minimum absolute atomic E-state index is 0.325. The van der Waals surface area contributed by atoms with Crippen molar-refractivity contribution in [2.75, 3.05) is 0 Å². The summed E-state index contributed by atoms with van der Waals surface area (Å²) in [5, 5.41) is 11.1. The zero-order valence-electron chi connectivity index (χ0n) is 12.7. The molecule has 2 aliphatic rings. The molecule has 3 nitrogen and oxygen atoms in total. The van der Waals surface area contributed by atoms with Gasteiger partial charge in [0.2, 0.25) is 0 Å². The third-order valence-electron chi connectivity index (χ3n) is 5.49. The highest BCUT2D eigenvalue weighted by Gasteiger charge is 2.33.